The van der Waals surface area contributed by atoms with E-state index in [4.69, 9.17) is 0 Å². The summed E-state index contributed by atoms with van der Waals surface area (Å²) in [6, 6.07) is 12.0. The quantitative estimate of drug-likeness (QED) is 0.638. The van der Waals surface area contributed by atoms with Gasteiger partial charge in [0.05, 0.1) is 0 Å². The number of nitrogens with one attached hydrogen (secondary N) is 1. The van der Waals surface area contributed by atoms with E-state index in [0.717, 1.165) is 6.54 Å². The van der Waals surface area contributed by atoms with Gasteiger partial charge in [-0.1, -0.05) is 24.3 Å². The molecule has 1 fully saturated rings. The Balaban J connectivity index is 2.16. The van der Waals surface area contributed by atoms with Gasteiger partial charge in [-0.25, -0.2) is 0 Å². The minimum Gasteiger partial charge on any atom is -0.310 e. The summed E-state index contributed by atoms with van der Waals surface area (Å²) in [4.78, 5) is 0. The molecule has 1 aliphatic rings. The van der Waals surface area contributed by atoms with Crippen molar-refractivity contribution in [3.63, 3.8) is 0 Å². The summed E-state index contributed by atoms with van der Waals surface area (Å²) in [6.45, 7) is 1.16. The lowest BCUT2D eigenvalue weighted by Crippen LogP contribution is -2.12. The van der Waals surface area contributed by atoms with E-state index in [2.05, 4.69) is 23.5 Å². The molecule has 1 atom stereocenters. The van der Waals surface area contributed by atoms with Crippen LogP contribution < -0.4 is 5.32 Å². The van der Waals surface area contributed by atoms with Gasteiger partial charge in [0, 0.05) is 6.04 Å². The van der Waals surface area contributed by atoms with Crippen LogP contribution in [-0.4, -0.2) is 6.54 Å². The van der Waals surface area contributed by atoms with Gasteiger partial charge in [-0.2, -0.15) is 0 Å². The van der Waals surface area contributed by atoms with E-state index in [-0.39, 0.29) is 0 Å². The van der Waals surface area contributed by atoms with Crippen LogP contribution in [0.1, 0.15) is 24.4 Å². The van der Waals surface area contributed by atoms with Crippen molar-refractivity contribution in [2.24, 2.45) is 0 Å². The van der Waals surface area contributed by atoms with Gasteiger partial charge in [0.25, 0.3) is 0 Å². The van der Waals surface area contributed by atoms with E-state index in [1.165, 1.54) is 18.4 Å². The molecule has 0 aliphatic carbocycles. The summed E-state index contributed by atoms with van der Waals surface area (Å²) in [5.74, 6) is 0. The monoisotopic (exact) mass is 146 g/mol. The highest BCUT2D eigenvalue weighted by molar-refractivity contribution is 5.17. The predicted molar refractivity (Wildman–Crippen MR) is 45.3 cm³/mol. The van der Waals surface area contributed by atoms with Gasteiger partial charge in [0.15, 0.2) is 0 Å². The number of rotatable bonds is 1. The molecule has 0 spiro atoms. The second kappa shape index (κ2) is 3.05. The standard InChI is InChI=1S/C10H12N/c1-2-5-9(6-3-1)10-7-4-8-11-10/h1-3,5,10-11H,4,7-8H2. The van der Waals surface area contributed by atoms with Gasteiger partial charge in [-0.05, 0) is 31.0 Å². The molecule has 1 nitrogen and oxygen atoms in total. The first-order valence-corrected chi connectivity index (χ1v) is 4.17. The van der Waals surface area contributed by atoms with E-state index < -0.39 is 0 Å². The van der Waals surface area contributed by atoms with Gasteiger partial charge in [-0.3, -0.25) is 0 Å². The third kappa shape index (κ3) is 1.43. The van der Waals surface area contributed by atoms with Gasteiger partial charge >= 0.3 is 0 Å². The van der Waals surface area contributed by atoms with Gasteiger partial charge in [-0.15, -0.1) is 0 Å². The number of hydrogen-bond acceptors (Lipinski definition) is 1. The van der Waals surface area contributed by atoms with E-state index >= 15 is 0 Å². The third-order valence-electron chi connectivity index (χ3n) is 2.17. The second-order valence-corrected chi connectivity index (χ2v) is 2.97. The summed E-state index contributed by atoms with van der Waals surface area (Å²) in [5.41, 5.74) is 1.31. The first-order valence-electron chi connectivity index (χ1n) is 4.17. The van der Waals surface area contributed by atoms with Crippen LogP contribution in [0.25, 0.3) is 0 Å². The molecule has 1 N–H and O–H groups in total. The maximum Gasteiger partial charge on any atom is 0.0326 e. The fourth-order valence-corrected chi connectivity index (χ4v) is 1.57. The van der Waals surface area contributed by atoms with Crippen molar-refractivity contribution in [2.75, 3.05) is 6.54 Å². The van der Waals surface area contributed by atoms with Crippen molar-refractivity contribution in [1.29, 1.82) is 0 Å². The molecule has 2 rings (SSSR count). The Hall–Kier alpha value is -0.820. The van der Waals surface area contributed by atoms with Gasteiger partial charge in [0.2, 0.25) is 0 Å². The third-order valence-corrected chi connectivity index (χ3v) is 2.17. The van der Waals surface area contributed by atoms with Gasteiger partial charge < -0.3 is 5.32 Å². The zero-order valence-corrected chi connectivity index (χ0v) is 6.51. The molecule has 1 aromatic carbocycles. The number of hydrogen-bond donors (Lipinski definition) is 1. The Morgan fingerprint density at radius 1 is 1.45 bits per heavy atom. The normalized spacial score (nSPS) is 23.8. The van der Waals surface area contributed by atoms with E-state index in [1.807, 2.05) is 12.1 Å². The average Bonchev–Trinajstić information content (AvgIpc) is 2.58. The maximum absolute atomic E-state index is 3.44. The van der Waals surface area contributed by atoms with E-state index in [9.17, 15) is 0 Å². The maximum atomic E-state index is 3.44. The van der Waals surface area contributed by atoms with Crippen LogP contribution in [0.5, 0.6) is 0 Å². The molecule has 1 heterocycles. The molecular formula is C10H12N. The molecule has 1 saturated heterocycles. The topological polar surface area (TPSA) is 12.0 Å². The van der Waals surface area contributed by atoms with Crippen LogP contribution in [0, 0.1) is 6.07 Å². The highest BCUT2D eigenvalue weighted by Gasteiger charge is 2.14. The Bertz CT molecular complexity index is 212. The Labute approximate surface area is 67.4 Å². The Morgan fingerprint density at radius 3 is 3.09 bits per heavy atom. The Morgan fingerprint density at radius 2 is 2.45 bits per heavy atom. The minimum absolute atomic E-state index is 0.566. The summed E-state index contributed by atoms with van der Waals surface area (Å²) in [5, 5.41) is 3.44. The molecule has 0 saturated carbocycles. The van der Waals surface area contributed by atoms with Crippen molar-refractivity contribution in [1.82, 2.24) is 5.32 Å². The summed E-state index contributed by atoms with van der Waals surface area (Å²) in [6.07, 6.45) is 2.56. The first kappa shape index (κ1) is 6.86. The SMILES string of the molecule is [c]1ccccc1C1CCCN1. The van der Waals surface area contributed by atoms with Crippen molar-refractivity contribution in [2.45, 2.75) is 18.9 Å². The van der Waals surface area contributed by atoms with E-state index in [0.29, 0.717) is 6.04 Å². The summed E-state index contributed by atoms with van der Waals surface area (Å²) < 4.78 is 0. The second-order valence-electron chi connectivity index (χ2n) is 2.97. The lowest BCUT2D eigenvalue weighted by Gasteiger charge is -2.08. The summed E-state index contributed by atoms with van der Waals surface area (Å²) >= 11 is 0. The van der Waals surface area contributed by atoms with Crippen molar-refractivity contribution >= 4 is 0 Å². The van der Waals surface area contributed by atoms with Crippen LogP contribution >= 0.6 is 0 Å². The van der Waals surface area contributed by atoms with Crippen molar-refractivity contribution in [3.05, 3.63) is 35.9 Å². The Kier molecular flexibility index (Phi) is 1.91. The zero-order valence-electron chi connectivity index (χ0n) is 6.51. The molecule has 11 heavy (non-hydrogen) atoms. The van der Waals surface area contributed by atoms with Crippen LogP contribution in [0.4, 0.5) is 0 Å². The lowest BCUT2D eigenvalue weighted by atomic mass is 10.1. The van der Waals surface area contributed by atoms with Crippen molar-refractivity contribution in [3.8, 4) is 0 Å². The fourth-order valence-electron chi connectivity index (χ4n) is 1.57. The van der Waals surface area contributed by atoms with E-state index in [1.54, 1.807) is 0 Å². The largest absolute Gasteiger partial charge is 0.310 e. The van der Waals surface area contributed by atoms with Crippen LogP contribution in [-0.2, 0) is 0 Å². The highest BCUT2D eigenvalue weighted by atomic mass is 14.9. The fraction of sp³-hybridized carbons (Fsp3) is 0.400. The minimum atomic E-state index is 0.566. The van der Waals surface area contributed by atoms with Gasteiger partial charge in [0.1, 0.15) is 0 Å². The lowest BCUT2D eigenvalue weighted by molar-refractivity contribution is 0.647. The number of benzene rings is 1. The van der Waals surface area contributed by atoms with Crippen molar-refractivity contribution < 1.29 is 0 Å². The first-order chi connectivity index (χ1) is 5.47. The molecular weight excluding hydrogens is 134 g/mol. The molecule has 1 unspecified atom stereocenters. The molecule has 0 amide bonds. The molecule has 0 bridgehead atoms. The van der Waals surface area contributed by atoms with Crippen LogP contribution in [0.3, 0.4) is 0 Å². The molecule has 1 aromatic rings. The van der Waals surface area contributed by atoms with Crippen LogP contribution in [0.2, 0.25) is 0 Å². The molecule has 57 valence electrons. The smallest absolute Gasteiger partial charge is 0.0326 e. The predicted octanol–water partition coefficient (Wildman–Crippen LogP) is 1.91. The average molecular weight is 146 g/mol. The molecule has 1 aliphatic heterocycles. The molecule has 0 aromatic heterocycles. The molecule has 1 radical (unpaired) electrons. The van der Waals surface area contributed by atoms with Crippen LogP contribution in [0.15, 0.2) is 24.3 Å². The molecule has 1 heteroatoms. The highest BCUT2D eigenvalue weighted by Crippen LogP contribution is 2.21. The zero-order chi connectivity index (χ0) is 7.52. The summed E-state index contributed by atoms with van der Waals surface area (Å²) in [7, 11) is 0.